The third-order valence-electron chi connectivity index (χ3n) is 6.38. The molecule has 0 spiro atoms. The van der Waals surface area contributed by atoms with E-state index in [1.165, 1.54) is 12.1 Å². The van der Waals surface area contributed by atoms with E-state index in [4.69, 9.17) is 4.74 Å². The monoisotopic (exact) mass is 474 g/mol. The van der Waals surface area contributed by atoms with Gasteiger partial charge in [-0.2, -0.15) is 0 Å². The molecule has 5 nitrogen and oxygen atoms in total. The molecule has 0 aromatic heterocycles. The first-order valence-corrected chi connectivity index (χ1v) is 12.2. The minimum absolute atomic E-state index is 0.0166. The van der Waals surface area contributed by atoms with Gasteiger partial charge >= 0.3 is 0 Å². The maximum Gasteiger partial charge on any atom is 0.261 e. The van der Waals surface area contributed by atoms with Crippen LogP contribution in [0.25, 0.3) is 0 Å². The Kier molecular flexibility index (Phi) is 7.80. The Morgan fingerprint density at radius 2 is 1.86 bits per heavy atom. The number of ether oxygens (including phenoxy) is 1. The number of nitrogens with zero attached hydrogens (tertiary/aromatic N) is 1. The zero-order chi connectivity index (χ0) is 24.8. The molecule has 0 fully saturated rings. The highest BCUT2D eigenvalue weighted by Crippen LogP contribution is 2.38. The fourth-order valence-corrected chi connectivity index (χ4v) is 4.56. The van der Waals surface area contributed by atoms with Crippen LogP contribution >= 0.6 is 0 Å². The van der Waals surface area contributed by atoms with Crippen LogP contribution in [-0.4, -0.2) is 29.4 Å². The molecule has 1 N–H and O–H groups in total. The standard InChI is InChI=1S/C29H31FN2O3/c1-3-26(29(34)31-19-20-9-6-5-7-10-20)35-24-14-13-21-15-16-32(27(33)4-2)28(25(21)18-24)22-11-8-12-23(30)17-22/h5-14,17-18,26,28H,3-4,15-16,19H2,1-2H3,(H,31,34)/t26-,28+/m0/s1. The molecule has 2 amide bonds. The van der Waals surface area contributed by atoms with Crippen molar-refractivity contribution in [1.82, 2.24) is 10.2 Å². The maximum absolute atomic E-state index is 14.1. The summed E-state index contributed by atoms with van der Waals surface area (Å²) in [6.07, 6.45) is 0.936. The van der Waals surface area contributed by atoms with Gasteiger partial charge in [0, 0.05) is 19.5 Å². The summed E-state index contributed by atoms with van der Waals surface area (Å²) in [7, 11) is 0. The van der Waals surface area contributed by atoms with Crippen molar-refractivity contribution in [1.29, 1.82) is 0 Å². The number of halogens is 1. The van der Waals surface area contributed by atoms with Crippen LogP contribution in [-0.2, 0) is 22.6 Å². The van der Waals surface area contributed by atoms with Crippen LogP contribution < -0.4 is 10.1 Å². The topological polar surface area (TPSA) is 58.6 Å². The smallest absolute Gasteiger partial charge is 0.261 e. The summed E-state index contributed by atoms with van der Waals surface area (Å²) < 4.78 is 20.2. The fourth-order valence-electron chi connectivity index (χ4n) is 4.56. The quantitative estimate of drug-likeness (QED) is 0.489. The molecule has 0 bridgehead atoms. The predicted molar refractivity (Wildman–Crippen MR) is 133 cm³/mol. The largest absolute Gasteiger partial charge is 0.481 e. The van der Waals surface area contributed by atoms with Gasteiger partial charge in [-0.25, -0.2) is 4.39 Å². The third kappa shape index (κ3) is 5.70. The number of benzene rings is 3. The number of rotatable bonds is 8. The van der Waals surface area contributed by atoms with Crippen LogP contribution in [0.3, 0.4) is 0 Å². The maximum atomic E-state index is 14.1. The van der Waals surface area contributed by atoms with Gasteiger partial charge in [-0.15, -0.1) is 0 Å². The van der Waals surface area contributed by atoms with Gasteiger partial charge in [-0.1, -0.05) is 62.4 Å². The summed E-state index contributed by atoms with van der Waals surface area (Å²) >= 11 is 0. The Balaban J connectivity index is 1.58. The van der Waals surface area contributed by atoms with E-state index in [1.54, 1.807) is 6.07 Å². The lowest BCUT2D eigenvalue weighted by Crippen LogP contribution is -2.40. The van der Waals surface area contributed by atoms with Crippen molar-refractivity contribution in [3.05, 3.63) is 101 Å². The second kappa shape index (κ2) is 11.2. The van der Waals surface area contributed by atoms with Gasteiger partial charge in [0.2, 0.25) is 5.91 Å². The lowest BCUT2D eigenvalue weighted by atomic mass is 9.87. The molecule has 182 valence electrons. The minimum Gasteiger partial charge on any atom is -0.481 e. The normalized spacial score (nSPS) is 15.7. The number of fused-ring (bicyclic) bond motifs is 1. The van der Waals surface area contributed by atoms with Gasteiger partial charge in [0.05, 0.1) is 6.04 Å². The lowest BCUT2D eigenvalue weighted by Gasteiger charge is -2.38. The van der Waals surface area contributed by atoms with E-state index in [0.717, 1.165) is 22.3 Å². The molecular formula is C29H31FN2O3. The summed E-state index contributed by atoms with van der Waals surface area (Å²) in [6.45, 7) is 4.74. The molecule has 1 aliphatic heterocycles. The van der Waals surface area contributed by atoms with E-state index >= 15 is 0 Å². The zero-order valence-corrected chi connectivity index (χ0v) is 20.2. The SMILES string of the molecule is CCC(=O)N1CCc2ccc(O[C@@H](CC)C(=O)NCc3ccccc3)cc2[C@H]1c1cccc(F)c1. The number of hydrogen-bond donors (Lipinski definition) is 1. The van der Waals surface area contributed by atoms with Crippen molar-refractivity contribution in [2.45, 2.75) is 51.8 Å². The van der Waals surface area contributed by atoms with E-state index in [2.05, 4.69) is 5.32 Å². The predicted octanol–water partition coefficient (Wildman–Crippen LogP) is 5.18. The van der Waals surface area contributed by atoms with Crippen molar-refractivity contribution >= 4 is 11.8 Å². The minimum atomic E-state index is -0.652. The number of hydrogen-bond acceptors (Lipinski definition) is 3. The Morgan fingerprint density at radius 1 is 1.06 bits per heavy atom. The summed E-state index contributed by atoms with van der Waals surface area (Å²) in [5.41, 5.74) is 3.73. The van der Waals surface area contributed by atoms with Gasteiger partial charge in [-0.3, -0.25) is 9.59 Å². The molecule has 6 heteroatoms. The molecular weight excluding hydrogens is 443 g/mol. The van der Waals surface area contributed by atoms with E-state index in [0.29, 0.717) is 38.1 Å². The molecule has 0 unspecified atom stereocenters. The second-order valence-corrected chi connectivity index (χ2v) is 8.73. The number of amides is 2. The molecule has 2 atom stereocenters. The summed E-state index contributed by atoms with van der Waals surface area (Å²) in [6, 6.07) is 21.5. The molecule has 35 heavy (non-hydrogen) atoms. The Hall–Kier alpha value is -3.67. The van der Waals surface area contributed by atoms with Gasteiger partial charge in [0.25, 0.3) is 5.91 Å². The van der Waals surface area contributed by atoms with Gasteiger partial charge in [0.15, 0.2) is 6.10 Å². The average molecular weight is 475 g/mol. The first-order valence-electron chi connectivity index (χ1n) is 12.2. The van der Waals surface area contributed by atoms with Gasteiger partial charge in [0.1, 0.15) is 11.6 Å². The molecule has 1 aliphatic rings. The van der Waals surface area contributed by atoms with E-state index in [-0.39, 0.29) is 17.6 Å². The molecule has 0 saturated carbocycles. The third-order valence-corrected chi connectivity index (χ3v) is 6.38. The van der Waals surface area contributed by atoms with Crippen LogP contribution in [0.4, 0.5) is 4.39 Å². The summed E-state index contributed by atoms with van der Waals surface area (Å²) in [5, 5.41) is 2.94. The molecule has 0 saturated heterocycles. The zero-order valence-electron chi connectivity index (χ0n) is 20.2. The summed E-state index contributed by atoms with van der Waals surface area (Å²) in [4.78, 5) is 27.4. The molecule has 3 aromatic carbocycles. The number of carbonyl (C=O) groups is 2. The van der Waals surface area contributed by atoms with E-state index in [9.17, 15) is 14.0 Å². The molecule has 3 aromatic rings. The molecule has 1 heterocycles. The lowest BCUT2D eigenvalue weighted by molar-refractivity contribution is -0.133. The Bertz CT molecular complexity index is 1180. The molecule has 4 rings (SSSR count). The van der Waals surface area contributed by atoms with Crippen molar-refractivity contribution in [2.24, 2.45) is 0 Å². The fraction of sp³-hybridized carbons (Fsp3) is 0.310. The Morgan fingerprint density at radius 3 is 2.57 bits per heavy atom. The van der Waals surface area contributed by atoms with Crippen LogP contribution in [0.15, 0.2) is 72.8 Å². The van der Waals surface area contributed by atoms with Crippen molar-refractivity contribution in [2.75, 3.05) is 6.54 Å². The van der Waals surface area contributed by atoms with Crippen molar-refractivity contribution in [3.8, 4) is 5.75 Å². The van der Waals surface area contributed by atoms with Gasteiger partial charge in [-0.05, 0) is 59.4 Å². The molecule has 0 radical (unpaired) electrons. The summed E-state index contributed by atoms with van der Waals surface area (Å²) in [5.74, 6) is 0.0474. The van der Waals surface area contributed by atoms with E-state index in [1.807, 2.05) is 73.3 Å². The molecule has 0 aliphatic carbocycles. The van der Waals surface area contributed by atoms with Crippen molar-refractivity contribution < 1.29 is 18.7 Å². The highest BCUT2D eigenvalue weighted by atomic mass is 19.1. The van der Waals surface area contributed by atoms with Crippen LogP contribution in [0, 0.1) is 5.82 Å². The number of nitrogens with one attached hydrogen (secondary N) is 1. The first kappa shape index (κ1) is 24.5. The van der Waals surface area contributed by atoms with Crippen LogP contribution in [0.1, 0.15) is 55.0 Å². The van der Waals surface area contributed by atoms with E-state index < -0.39 is 12.1 Å². The van der Waals surface area contributed by atoms with Crippen molar-refractivity contribution in [3.63, 3.8) is 0 Å². The van der Waals surface area contributed by atoms with Crippen LogP contribution in [0.2, 0.25) is 0 Å². The first-order chi connectivity index (χ1) is 17.0. The number of carbonyl (C=O) groups excluding carboxylic acids is 2. The Labute approximate surface area is 205 Å². The average Bonchev–Trinajstić information content (AvgIpc) is 2.89. The highest BCUT2D eigenvalue weighted by molar-refractivity contribution is 5.81. The second-order valence-electron chi connectivity index (χ2n) is 8.73. The van der Waals surface area contributed by atoms with Crippen LogP contribution in [0.5, 0.6) is 5.75 Å². The van der Waals surface area contributed by atoms with Gasteiger partial charge < -0.3 is 15.0 Å². The highest BCUT2D eigenvalue weighted by Gasteiger charge is 2.32.